The van der Waals surface area contributed by atoms with Crippen molar-refractivity contribution in [2.45, 2.75) is 32.4 Å². The Balaban J connectivity index is 1.86. The molecular weight excluding hydrogens is 418 g/mol. The number of aromatic nitrogens is 2. The molecule has 1 amide bonds. The Morgan fingerprint density at radius 2 is 1.79 bits per heavy atom. The fourth-order valence-corrected chi connectivity index (χ4v) is 4.04. The zero-order valence-electron chi connectivity index (χ0n) is 18.7. The van der Waals surface area contributed by atoms with E-state index >= 15 is 0 Å². The van der Waals surface area contributed by atoms with E-state index in [1.54, 1.807) is 68.0 Å². The molecule has 4 rings (SSSR count). The van der Waals surface area contributed by atoms with E-state index in [0.717, 1.165) is 5.56 Å². The molecule has 2 aromatic heterocycles. The lowest BCUT2D eigenvalue weighted by Crippen LogP contribution is -2.29. The molecule has 1 fully saturated rings. The Morgan fingerprint density at radius 1 is 1.06 bits per heavy atom. The summed E-state index contributed by atoms with van der Waals surface area (Å²) >= 11 is 0. The summed E-state index contributed by atoms with van der Waals surface area (Å²) in [5.74, 6) is -0.863. The van der Waals surface area contributed by atoms with Crippen LogP contribution in [0.2, 0.25) is 0 Å². The summed E-state index contributed by atoms with van der Waals surface area (Å²) in [6, 6.07) is 15.1. The predicted molar refractivity (Wildman–Crippen MR) is 123 cm³/mol. The molecule has 1 unspecified atom stereocenters. The highest BCUT2D eigenvalue weighted by Gasteiger charge is 2.46. The SMILES string of the molecule is COc1ccc(/C(O)=C2/C(=O)C(=O)N(Cc3ccccn3)C2c2ccccn2)cc1C(C)C. The van der Waals surface area contributed by atoms with E-state index in [1.165, 1.54) is 4.90 Å². The normalized spacial score (nSPS) is 17.6. The van der Waals surface area contributed by atoms with Crippen molar-refractivity contribution in [1.29, 1.82) is 0 Å². The van der Waals surface area contributed by atoms with Gasteiger partial charge in [-0.05, 0) is 53.9 Å². The van der Waals surface area contributed by atoms with Crippen LogP contribution in [0.5, 0.6) is 5.75 Å². The quantitative estimate of drug-likeness (QED) is 0.348. The Labute approximate surface area is 192 Å². The minimum absolute atomic E-state index is 0.00880. The van der Waals surface area contributed by atoms with Crippen molar-refractivity contribution in [2.75, 3.05) is 7.11 Å². The third-order valence-electron chi connectivity index (χ3n) is 5.69. The van der Waals surface area contributed by atoms with E-state index in [0.29, 0.717) is 22.7 Å². The molecule has 7 nitrogen and oxygen atoms in total. The van der Waals surface area contributed by atoms with Gasteiger partial charge in [-0.2, -0.15) is 0 Å². The molecule has 0 spiro atoms. The molecule has 1 aliphatic rings. The Bertz CT molecular complexity index is 1210. The lowest BCUT2D eigenvalue weighted by Gasteiger charge is -2.24. The number of ether oxygens (including phenoxy) is 1. The number of hydrogen-bond acceptors (Lipinski definition) is 6. The van der Waals surface area contributed by atoms with Crippen LogP contribution in [0.3, 0.4) is 0 Å². The Hall–Kier alpha value is -4.00. The predicted octanol–water partition coefficient (Wildman–Crippen LogP) is 4.23. The standard InChI is InChI=1S/C26H25N3O4/c1-16(2)19-14-17(10-11-21(19)33-3)24(30)22-23(20-9-5-7-13-28-20)29(26(32)25(22)31)15-18-8-4-6-12-27-18/h4-14,16,23,30H,15H2,1-3H3/b24-22-. The summed E-state index contributed by atoms with van der Waals surface area (Å²) < 4.78 is 5.44. The first-order valence-corrected chi connectivity index (χ1v) is 10.7. The van der Waals surface area contributed by atoms with E-state index in [9.17, 15) is 14.7 Å². The van der Waals surface area contributed by atoms with Gasteiger partial charge in [0.25, 0.3) is 11.7 Å². The van der Waals surface area contributed by atoms with Gasteiger partial charge < -0.3 is 14.7 Å². The molecule has 3 aromatic rings. The van der Waals surface area contributed by atoms with Gasteiger partial charge in [-0.15, -0.1) is 0 Å². The largest absolute Gasteiger partial charge is 0.507 e. The van der Waals surface area contributed by atoms with Gasteiger partial charge in [0, 0.05) is 18.0 Å². The number of likely N-dealkylation sites (tertiary alicyclic amines) is 1. The van der Waals surface area contributed by atoms with Crippen LogP contribution in [-0.4, -0.2) is 38.8 Å². The second kappa shape index (κ2) is 9.24. The van der Waals surface area contributed by atoms with Gasteiger partial charge in [0.1, 0.15) is 17.6 Å². The van der Waals surface area contributed by atoms with Gasteiger partial charge in [-0.1, -0.05) is 26.0 Å². The van der Waals surface area contributed by atoms with Crippen molar-refractivity contribution < 1.29 is 19.4 Å². The lowest BCUT2D eigenvalue weighted by atomic mass is 9.94. The van der Waals surface area contributed by atoms with E-state index < -0.39 is 17.7 Å². The van der Waals surface area contributed by atoms with Crippen LogP contribution in [0.15, 0.2) is 72.6 Å². The van der Waals surface area contributed by atoms with Crippen molar-refractivity contribution in [3.05, 3.63) is 95.1 Å². The minimum Gasteiger partial charge on any atom is -0.507 e. The number of aliphatic hydroxyl groups is 1. The molecular formula is C26H25N3O4. The molecule has 1 N–H and O–H groups in total. The zero-order valence-corrected chi connectivity index (χ0v) is 18.7. The first-order valence-electron chi connectivity index (χ1n) is 10.7. The van der Waals surface area contributed by atoms with Crippen LogP contribution in [0.25, 0.3) is 5.76 Å². The number of rotatable bonds is 6. The summed E-state index contributed by atoms with van der Waals surface area (Å²) in [6.07, 6.45) is 3.23. The van der Waals surface area contributed by atoms with E-state index in [4.69, 9.17) is 4.74 Å². The molecule has 1 aromatic carbocycles. The number of benzene rings is 1. The molecule has 3 heterocycles. The van der Waals surface area contributed by atoms with Crippen LogP contribution in [0.4, 0.5) is 0 Å². The van der Waals surface area contributed by atoms with Gasteiger partial charge in [0.05, 0.1) is 30.6 Å². The third-order valence-corrected chi connectivity index (χ3v) is 5.69. The molecule has 0 saturated carbocycles. The summed E-state index contributed by atoms with van der Waals surface area (Å²) in [4.78, 5) is 36.3. The van der Waals surface area contributed by atoms with Crippen LogP contribution in [0.1, 0.15) is 48.3 Å². The second-order valence-corrected chi connectivity index (χ2v) is 8.11. The summed E-state index contributed by atoms with van der Waals surface area (Å²) in [6.45, 7) is 4.14. The Kier molecular flexibility index (Phi) is 6.22. The summed E-state index contributed by atoms with van der Waals surface area (Å²) in [5.41, 5.74) is 2.46. The van der Waals surface area contributed by atoms with Crippen molar-refractivity contribution in [3.8, 4) is 5.75 Å². The fourth-order valence-electron chi connectivity index (χ4n) is 4.04. The van der Waals surface area contributed by atoms with Gasteiger partial charge in [0.15, 0.2) is 0 Å². The number of hydrogen-bond donors (Lipinski definition) is 1. The molecule has 1 saturated heterocycles. The molecule has 1 atom stereocenters. The van der Waals surface area contributed by atoms with Crippen LogP contribution in [0, 0.1) is 0 Å². The number of pyridine rings is 2. The highest BCUT2D eigenvalue weighted by molar-refractivity contribution is 6.46. The number of amides is 1. The first-order chi connectivity index (χ1) is 15.9. The van der Waals surface area contributed by atoms with Gasteiger partial charge in [-0.25, -0.2) is 0 Å². The third kappa shape index (κ3) is 4.22. The average Bonchev–Trinajstić information content (AvgIpc) is 3.09. The molecule has 0 bridgehead atoms. The van der Waals surface area contributed by atoms with Crippen LogP contribution in [-0.2, 0) is 16.1 Å². The van der Waals surface area contributed by atoms with Gasteiger partial charge in [0.2, 0.25) is 0 Å². The topological polar surface area (TPSA) is 92.6 Å². The van der Waals surface area contributed by atoms with Crippen molar-refractivity contribution in [3.63, 3.8) is 0 Å². The molecule has 0 aliphatic carbocycles. The average molecular weight is 444 g/mol. The Morgan fingerprint density at radius 3 is 2.39 bits per heavy atom. The second-order valence-electron chi connectivity index (χ2n) is 8.11. The maximum Gasteiger partial charge on any atom is 0.296 e. The van der Waals surface area contributed by atoms with Crippen molar-refractivity contribution >= 4 is 17.4 Å². The van der Waals surface area contributed by atoms with E-state index in [-0.39, 0.29) is 23.8 Å². The van der Waals surface area contributed by atoms with Gasteiger partial charge >= 0.3 is 0 Å². The number of methoxy groups -OCH3 is 1. The maximum absolute atomic E-state index is 13.2. The number of Topliss-reactive ketones (excluding diaryl/α,β-unsaturated/α-hetero) is 1. The number of carbonyl (C=O) groups excluding carboxylic acids is 2. The zero-order chi connectivity index (χ0) is 23.5. The highest BCUT2D eigenvalue weighted by Crippen LogP contribution is 2.40. The van der Waals surface area contributed by atoms with Crippen LogP contribution < -0.4 is 4.74 Å². The fraction of sp³-hybridized carbons (Fsp3) is 0.231. The van der Waals surface area contributed by atoms with Crippen LogP contribution >= 0.6 is 0 Å². The number of aliphatic hydroxyl groups excluding tert-OH is 1. The number of nitrogens with zero attached hydrogens (tertiary/aromatic N) is 3. The van der Waals surface area contributed by atoms with Crippen molar-refractivity contribution in [1.82, 2.24) is 14.9 Å². The van der Waals surface area contributed by atoms with Crippen molar-refractivity contribution in [2.24, 2.45) is 0 Å². The molecule has 33 heavy (non-hydrogen) atoms. The van der Waals surface area contributed by atoms with Gasteiger partial charge in [-0.3, -0.25) is 19.6 Å². The summed E-state index contributed by atoms with van der Waals surface area (Å²) in [7, 11) is 1.59. The maximum atomic E-state index is 13.2. The molecule has 1 aliphatic heterocycles. The monoisotopic (exact) mass is 443 g/mol. The minimum atomic E-state index is -0.835. The smallest absolute Gasteiger partial charge is 0.296 e. The first kappa shape index (κ1) is 22.2. The molecule has 168 valence electrons. The number of ketones is 1. The number of carbonyl (C=O) groups is 2. The van der Waals surface area contributed by atoms with E-state index in [2.05, 4.69) is 9.97 Å². The highest BCUT2D eigenvalue weighted by atomic mass is 16.5. The molecule has 0 radical (unpaired) electrons. The van der Waals surface area contributed by atoms with E-state index in [1.807, 2.05) is 19.9 Å². The lowest BCUT2D eigenvalue weighted by molar-refractivity contribution is -0.140. The molecule has 7 heteroatoms. The summed E-state index contributed by atoms with van der Waals surface area (Å²) in [5, 5.41) is 11.3.